The summed E-state index contributed by atoms with van der Waals surface area (Å²) in [6.45, 7) is 7.73. The molecule has 0 unspecified atom stereocenters. The first-order valence-electron chi connectivity index (χ1n) is 6.46. The summed E-state index contributed by atoms with van der Waals surface area (Å²) < 4.78 is 5.24. The molecular weight excluding hydrogens is 252 g/mol. The van der Waals surface area contributed by atoms with Gasteiger partial charge in [-0.15, -0.1) is 0 Å². The van der Waals surface area contributed by atoms with E-state index in [1.807, 2.05) is 32.9 Å². The average molecular weight is 270 g/mol. The molecule has 1 aromatic heterocycles. The first-order chi connectivity index (χ1) is 9.47. The maximum atomic E-state index is 11.8. The number of hydrogen-bond donors (Lipinski definition) is 1. The summed E-state index contributed by atoms with van der Waals surface area (Å²) in [5, 5.41) is 4.13. The first-order valence-corrected chi connectivity index (χ1v) is 6.46. The van der Waals surface area contributed by atoms with Gasteiger partial charge in [0.1, 0.15) is 5.76 Å². The Morgan fingerprint density at radius 1 is 1.15 bits per heavy atom. The smallest absolute Gasteiger partial charge is 0.307 e. The lowest BCUT2D eigenvalue weighted by Crippen LogP contribution is -2.19. The van der Waals surface area contributed by atoms with E-state index in [4.69, 9.17) is 4.42 Å². The van der Waals surface area contributed by atoms with Crippen LogP contribution in [0.3, 0.4) is 0 Å². The Morgan fingerprint density at radius 2 is 1.90 bits per heavy atom. The zero-order valence-corrected chi connectivity index (χ0v) is 12.2. The van der Waals surface area contributed by atoms with Crippen molar-refractivity contribution in [2.45, 2.75) is 27.7 Å². The lowest BCUT2D eigenvalue weighted by Gasteiger charge is -2.06. The fraction of sp³-hybridized carbons (Fsp3) is 0.250. The largest absolute Gasteiger partial charge is 0.456 e. The van der Waals surface area contributed by atoms with Crippen molar-refractivity contribution >= 4 is 11.6 Å². The Hall–Kier alpha value is -2.36. The SMILES string of the molecule is C/C(=N/NC(=O)c1ccc(C)o1)c1ccc(C)cc1C. The second kappa shape index (κ2) is 5.74. The van der Waals surface area contributed by atoms with Gasteiger partial charge in [-0.1, -0.05) is 23.8 Å². The third kappa shape index (κ3) is 3.15. The number of hydrazone groups is 1. The third-order valence-corrected chi connectivity index (χ3v) is 3.06. The van der Waals surface area contributed by atoms with Gasteiger partial charge in [-0.05, 0) is 45.4 Å². The Bertz CT molecular complexity index is 669. The van der Waals surface area contributed by atoms with Crippen molar-refractivity contribution in [3.05, 3.63) is 58.5 Å². The van der Waals surface area contributed by atoms with Gasteiger partial charge in [-0.2, -0.15) is 5.10 Å². The van der Waals surface area contributed by atoms with E-state index in [2.05, 4.69) is 16.6 Å². The second-order valence-corrected chi connectivity index (χ2v) is 4.87. The molecule has 0 atom stereocenters. The number of rotatable bonds is 3. The van der Waals surface area contributed by atoms with Crippen LogP contribution in [0.1, 0.15) is 39.9 Å². The Labute approximate surface area is 118 Å². The van der Waals surface area contributed by atoms with E-state index in [0.717, 1.165) is 16.8 Å². The van der Waals surface area contributed by atoms with E-state index in [-0.39, 0.29) is 11.7 Å². The molecule has 1 amide bonds. The summed E-state index contributed by atoms with van der Waals surface area (Å²) in [7, 11) is 0. The highest BCUT2D eigenvalue weighted by atomic mass is 16.3. The van der Waals surface area contributed by atoms with Gasteiger partial charge in [0.05, 0.1) is 5.71 Å². The molecule has 2 aromatic rings. The van der Waals surface area contributed by atoms with Crippen molar-refractivity contribution in [2.24, 2.45) is 5.10 Å². The van der Waals surface area contributed by atoms with Crippen LogP contribution in [0.25, 0.3) is 0 Å². The molecule has 0 bridgehead atoms. The molecule has 0 aliphatic carbocycles. The lowest BCUT2D eigenvalue weighted by molar-refractivity contribution is 0.0926. The fourth-order valence-electron chi connectivity index (χ4n) is 2.03. The molecule has 1 N–H and O–H groups in total. The maximum absolute atomic E-state index is 11.8. The van der Waals surface area contributed by atoms with Gasteiger partial charge in [0, 0.05) is 5.56 Å². The summed E-state index contributed by atoms with van der Waals surface area (Å²) in [5.41, 5.74) is 6.63. The highest BCUT2D eigenvalue weighted by Gasteiger charge is 2.09. The molecule has 0 saturated heterocycles. The number of amides is 1. The fourth-order valence-corrected chi connectivity index (χ4v) is 2.03. The topological polar surface area (TPSA) is 54.6 Å². The van der Waals surface area contributed by atoms with Crippen LogP contribution in [-0.2, 0) is 0 Å². The van der Waals surface area contributed by atoms with Crippen molar-refractivity contribution in [1.82, 2.24) is 5.43 Å². The van der Waals surface area contributed by atoms with Crippen LogP contribution in [-0.4, -0.2) is 11.6 Å². The standard InChI is InChI=1S/C16H18N2O2/c1-10-5-7-14(11(2)9-10)13(4)17-18-16(19)15-8-6-12(3)20-15/h5-9H,1-4H3,(H,18,19)/b17-13-. The number of benzene rings is 1. The molecule has 0 aliphatic heterocycles. The summed E-state index contributed by atoms with van der Waals surface area (Å²) in [5.74, 6) is 0.618. The normalized spacial score (nSPS) is 11.5. The van der Waals surface area contributed by atoms with Gasteiger partial charge < -0.3 is 4.42 Å². The van der Waals surface area contributed by atoms with Crippen LogP contribution < -0.4 is 5.43 Å². The Balaban J connectivity index is 2.13. The zero-order chi connectivity index (χ0) is 14.7. The van der Waals surface area contributed by atoms with E-state index >= 15 is 0 Å². The van der Waals surface area contributed by atoms with E-state index < -0.39 is 0 Å². The minimum Gasteiger partial charge on any atom is -0.456 e. The molecule has 0 fully saturated rings. The molecule has 0 saturated carbocycles. The second-order valence-electron chi connectivity index (χ2n) is 4.87. The molecule has 1 aromatic carbocycles. The molecule has 4 nitrogen and oxygen atoms in total. The number of furan rings is 1. The average Bonchev–Trinajstić information content (AvgIpc) is 2.82. The molecule has 20 heavy (non-hydrogen) atoms. The monoisotopic (exact) mass is 270 g/mol. The number of nitrogens with one attached hydrogen (secondary N) is 1. The molecule has 104 valence electrons. The van der Waals surface area contributed by atoms with Gasteiger partial charge in [-0.25, -0.2) is 5.43 Å². The van der Waals surface area contributed by atoms with Crippen molar-refractivity contribution in [3.63, 3.8) is 0 Å². The molecule has 2 rings (SSSR count). The molecule has 1 heterocycles. The third-order valence-electron chi connectivity index (χ3n) is 3.06. The maximum Gasteiger partial charge on any atom is 0.307 e. The van der Waals surface area contributed by atoms with E-state index in [1.54, 1.807) is 19.1 Å². The van der Waals surface area contributed by atoms with E-state index in [1.165, 1.54) is 5.56 Å². The molecular formula is C16H18N2O2. The molecule has 0 aliphatic rings. The van der Waals surface area contributed by atoms with Crippen molar-refractivity contribution in [2.75, 3.05) is 0 Å². The van der Waals surface area contributed by atoms with Gasteiger partial charge in [0.25, 0.3) is 0 Å². The molecule has 0 radical (unpaired) electrons. The highest BCUT2D eigenvalue weighted by Crippen LogP contribution is 2.11. The number of nitrogens with zero attached hydrogens (tertiary/aromatic N) is 1. The van der Waals surface area contributed by atoms with Crippen LogP contribution >= 0.6 is 0 Å². The van der Waals surface area contributed by atoms with Gasteiger partial charge in [-0.3, -0.25) is 4.79 Å². The minimum absolute atomic E-state index is 0.264. The van der Waals surface area contributed by atoms with Crippen molar-refractivity contribution < 1.29 is 9.21 Å². The quantitative estimate of drug-likeness (QED) is 0.686. The number of carbonyl (C=O) groups is 1. The van der Waals surface area contributed by atoms with Crippen molar-refractivity contribution in [1.29, 1.82) is 0 Å². The number of hydrogen-bond acceptors (Lipinski definition) is 3. The summed E-state index contributed by atoms with van der Waals surface area (Å²) in [6, 6.07) is 9.50. The van der Waals surface area contributed by atoms with Gasteiger partial charge in [0.15, 0.2) is 5.76 Å². The van der Waals surface area contributed by atoms with Crippen molar-refractivity contribution in [3.8, 4) is 0 Å². The molecule has 4 heteroatoms. The van der Waals surface area contributed by atoms with Crippen LogP contribution in [0.15, 0.2) is 39.9 Å². The Kier molecular flexibility index (Phi) is 4.03. The van der Waals surface area contributed by atoms with E-state index in [9.17, 15) is 4.79 Å². The summed E-state index contributed by atoms with van der Waals surface area (Å²) in [4.78, 5) is 11.8. The number of carbonyl (C=O) groups excluding carboxylic acids is 1. The zero-order valence-electron chi connectivity index (χ0n) is 12.2. The Morgan fingerprint density at radius 3 is 2.50 bits per heavy atom. The van der Waals surface area contributed by atoms with Gasteiger partial charge >= 0.3 is 5.91 Å². The molecule has 0 spiro atoms. The van der Waals surface area contributed by atoms with Crippen LogP contribution in [0.4, 0.5) is 0 Å². The van der Waals surface area contributed by atoms with Crippen LogP contribution in [0.2, 0.25) is 0 Å². The predicted molar refractivity (Wildman–Crippen MR) is 79.0 cm³/mol. The highest BCUT2D eigenvalue weighted by molar-refractivity contribution is 6.01. The summed E-state index contributed by atoms with van der Waals surface area (Å²) in [6.07, 6.45) is 0. The first kappa shape index (κ1) is 14.1. The summed E-state index contributed by atoms with van der Waals surface area (Å²) >= 11 is 0. The van der Waals surface area contributed by atoms with Crippen LogP contribution in [0, 0.1) is 20.8 Å². The van der Waals surface area contributed by atoms with Crippen LogP contribution in [0.5, 0.6) is 0 Å². The van der Waals surface area contributed by atoms with Gasteiger partial charge in [0.2, 0.25) is 0 Å². The lowest BCUT2D eigenvalue weighted by atomic mass is 10.0. The number of aryl methyl sites for hydroxylation is 3. The minimum atomic E-state index is -0.345. The predicted octanol–water partition coefficient (Wildman–Crippen LogP) is 3.36. The van der Waals surface area contributed by atoms with E-state index in [0.29, 0.717) is 5.76 Å².